The number of nitrogens with one attached hydrogen (secondary N) is 2. The van der Waals surface area contributed by atoms with Gasteiger partial charge in [0.25, 0.3) is 0 Å². The normalized spacial score (nSPS) is 26.6. The lowest BCUT2D eigenvalue weighted by Gasteiger charge is -2.23. The van der Waals surface area contributed by atoms with E-state index in [0.29, 0.717) is 17.2 Å². The minimum atomic E-state index is -0.982. The molecule has 21 heavy (non-hydrogen) atoms. The van der Waals surface area contributed by atoms with Crippen molar-refractivity contribution in [3.05, 3.63) is 29.3 Å². The van der Waals surface area contributed by atoms with Crippen LogP contribution in [-0.4, -0.2) is 23.1 Å². The van der Waals surface area contributed by atoms with Gasteiger partial charge in [0.15, 0.2) is 0 Å². The largest absolute Gasteiger partial charge is 0.478 e. The van der Waals surface area contributed by atoms with Crippen LogP contribution >= 0.6 is 0 Å². The maximum Gasteiger partial charge on any atom is 0.336 e. The predicted molar refractivity (Wildman–Crippen MR) is 79.5 cm³/mol. The molecule has 0 radical (unpaired) electrons. The van der Waals surface area contributed by atoms with Gasteiger partial charge in [0.2, 0.25) is 0 Å². The maximum atomic E-state index is 12.1. The van der Waals surface area contributed by atoms with Crippen molar-refractivity contribution in [2.24, 2.45) is 11.8 Å². The summed E-state index contributed by atoms with van der Waals surface area (Å²) < 4.78 is 0. The molecule has 3 atom stereocenters. The Bertz CT molecular complexity index is 585. The van der Waals surface area contributed by atoms with Crippen molar-refractivity contribution in [3.63, 3.8) is 0 Å². The summed E-state index contributed by atoms with van der Waals surface area (Å²) in [7, 11) is 0. The molecule has 2 saturated carbocycles. The number of amides is 2. The molecule has 112 valence electrons. The van der Waals surface area contributed by atoms with Crippen LogP contribution in [0.5, 0.6) is 0 Å². The van der Waals surface area contributed by atoms with Crippen LogP contribution in [0.25, 0.3) is 0 Å². The van der Waals surface area contributed by atoms with Crippen molar-refractivity contribution >= 4 is 17.7 Å². The topological polar surface area (TPSA) is 78.4 Å². The van der Waals surface area contributed by atoms with E-state index < -0.39 is 5.97 Å². The molecule has 0 spiro atoms. The van der Waals surface area contributed by atoms with E-state index in [2.05, 4.69) is 10.6 Å². The van der Waals surface area contributed by atoms with Crippen LogP contribution < -0.4 is 10.6 Å². The zero-order valence-electron chi connectivity index (χ0n) is 12.1. The Hall–Kier alpha value is -2.04. The molecule has 2 bridgehead atoms. The Morgan fingerprint density at radius 2 is 2.05 bits per heavy atom. The van der Waals surface area contributed by atoms with E-state index in [1.54, 1.807) is 19.1 Å². The molecule has 3 rings (SSSR count). The minimum Gasteiger partial charge on any atom is -0.478 e. The summed E-state index contributed by atoms with van der Waals surface area (Å²) in [6.07, 6.45) is 4.82. The molecule has 0 saturated heterocycles. The Kier molecular flexibility index (Phi) is 3.57. The van der Waals surface area contributed by atoms with Gasteiger partial charge in [0, 0.05) is 11.7 Å². The van der Waals surface area contributed by atoms with Gasteiger partial charge in [-0.15, -0.1) is 0 Å². The van der Waals surface area contributed by atoms with Crippen LogP contribution in [0.4, 0.5) is 10.5 Å². The Balaban J connectivity index is 1.65. The van der Waals surface area contributed by atoms with Gasteiger partial charge in [-0.25, -0.2) is 9.59 Å². The van der Waals surface area contributed by atoms with Crippen LogP contribution in [0.15, 0.2) is 18.2 Å². The molecule has 2 amide bonds. The third-order valence-electron chi connectivity index (χ3n) is 4.87. The number of carbonyl (C=O) groups is 2. The first-order chi connectivity index (χ1) is 10.0. The highest BCUT2D eigenvalue weighted by atomic mass is 16.4. The zero-order chi connectivity index (χ0) is 15.0. The van der Waals surface area contributed by atoms with Gasteiger partial charge >= 0.3 is 12.0 Å². The number of carboxylic acids is 1. The van der Waals surface area contributed by atoms with Crippen molar-refractivity contribution in [2.45, 2.75) is 38.6 Å². The van der Waals surface area contributed by atoms with Crippen LogP contribution in [0.3, 0.4) is 0 Å². The number of carboxylic acid groups (broad SMARTS) is 1. The first-order valence-corrected chi connectivity index (χ1v) is 7.45. The van der Waals surface area contributed by atoms with Gasteiger partial charge in [-0.1, -0.05) is 12.5 Å². The average Bonchev–Trinajstić information content (AvgIpc) is 3.03. The Morgan fingerprint density at radius 3 is 2.67 bits per heavy atom. The Labute approximate surface area is 123 Å². The number of hydrogen-bond acceptors (Lipinski definition) is 2. The molecule has 2 fully saturated rings. The second-order valence-corrected chi connectivity index (χ2v) is 6.16. The van der Waals surface area contributed by atoms with Gasteiger partial charge in [0.05, 0.1) is 5.56 Å². The second kappa shape index (κ2) is 5.39. The van der Waals surface area contributed by atoms with Crippen molar-refractivity contribution < 1.29 is 14.7 Å². The van der Waals surface area contributed by atoms with E-state index >= 15 is 0 Å². The SMILES string of the molecule is Cc1c(NC(=O)NC2CC3CCC2C3)cccc1C(=O)O. The Morgan fingerprint density at radius 1 is 1.24 bits per heavy atom. The second-order valence-electron chi connectivity index (χ2n) is 6.16. The monoisotopic (exact) mass is 288 g/mol. The number of aromatic carboxylic acids is 1. The highest BCUT2D eigenvalue weighted by Crippen LogP contribution is 2.44. The third kappa shape index (κ3) is 2.73. The maximum absolute atomic E-state index is 12.1. The van der Waals surface area contributed by atoms with E-state index in [1.807, 2.05) is 0 Å². The van der Waals surface area contributed by atoms with E-state index in [0.717, 1.165) is 12.3 Å². The van der Waals surface area contributed by atoms with E-state index in [1.165, 1.54) is 25.3 Å². The van der Waals surface area contributed by atoms with Crippen LogP contribution in [0.2, 0.25) is 0 Å². The number of hydrogen-bond donors (Lipinski definition) is 3. The number of benzene rings is 1. The van der Waals surface area contributed by atoms with E-state index in [-0.39, 0.29) is 17.6 Å². The molecule has 5 nitrogen and oxygen atoms in total. The lowest BCUT2D eigenvalue weighted by atomic mass is 9.95. The molecule has 2 aliphatic rings. The number of urea groups is 1. The molecule has 5 heteroatoms. The highest BCUT2D eigenvalue weighted by molar-refractivity contribution is 5.95. The van der Waals surface area contributed by atoms with Gasteiger partial charge in [-0.05, 0) is 55.7 Å². The number of rotatable bonds is 3. The molecule has 2 aliphatic carbocycles. The molecule has 0 aromatic heterocycles. The fraction of sp³-hybridized carbons (Fsp3) is 0.500. The fourth-order valence-electron chi connectivity index (χ4n) is 3.75. The molecule has 1 aromatic carbocycles. The van der Waals surface area contributed by atoms with Crippen molar-refractivity contribution in [1.29, 1.82) is 0 Å². The number of carbonyl (C=O) groups excluding carboxylic acids is 1. The molecule has 3 unspecified atom stereocenters. The van der Waals surface area contributed by atoms with E-state index in [4.69, 9.17) is 5.11 Å². The first-order valence-electron chi connectivity index (χ1n) is 7.45. The molecule has 0 aliphatic heterocycles. The first kappa shape index (κ1) is 13.9. The lowest BCUT2D eigenvalue weighted by molar-refractivity contribution is 0.0696. The number of anilines is 1. The van der Waals surface area contributed by atoms with Crippen LogP contribution in [0.1, 0.15) is 41.6 Å². The van der Waals surface area contributed by atoms with Gasteiger partial charge < -0.3 is 15.7 Å². The summed E-state index contributed by atoms with van der Waals surface area (Å²) in [6.45, 7) is 1.70. The standard InChI is InChI=1S/C16H20N2O3/c1-9-12(15(19)20)3-2-4-13(9)17-16(21)18-14-8-10-5-6-11(14)7-10/h2-4,10-11,14H,5-8H2,1H3,(H,19,20)(H2,17,18,21). The van der Waals surface area contributed by atoms with Crippen molar-refractivity contribution in [2.75, 3.05) is 5.32 Å². The highest BCUT2D eigenvalue weighted by Gasteiger charge is 2.40. The van der Waals surface area contributed by atoms with Gasteiger partial charge in [0.1, 0.15) is 0 Å². The minimum absolute atomic E-state index is 0.215. The summed E-state index contributed by atoms with van der Waals surface area (Å²) in [5.74, 6) is 0.411. The fourth-order valence-corrected chi connectivity index (χ4v) is 3.75. The quantitative estimate of drug-likeness (QED) is 0.800. The van der Waals surface area contributed by atoms with Crippen molar-refractivity contribution in [1.82, 2.24) is 5.32 Å². The van der Waals surface area contributed by atoms with Gasteiger partial charge in [-0.3, -0.25) is 0 Å². The summed E-state index contributed by atoms with van der Waals surface area (Å²) in [6, 6.07) is 4.94. The zero-order valence-corrected chi connectivity index (χ0v) is 12.1. The summed E-state index contributed by atoms with van der Waals surface area (Å²) in [5, 5.41) is 14.9. The smallest absolute Gasteiger partial charge is 0.336 e. The molecule has 0 heterocycles. The molecule has 1 aromatic rings. The van der Waals surface area contributed by atoms with E-state index in [9.17, 15) is 9.59 Å². The number of fused-ring (bicyclic) bond motifs is 2. The van der Waals surface area contributed by atoms with Gasteiger partial charge in [-0.2, -0.15) is 0 Å². The summed E-state index contributed by atoms with van der Waals surface area (Å²) in [4.78, 5) is 23.2. The molecule has 3 N–H and O–H groups in total. The van der Waals surface area contributed by atoms with Crippen LogP contribution in [0, 0.1) is 18.8 Å². The van der Waals surface area contributed by atoms with Crippen LogP contribution in [-0.2, 0) is 0 Å². The van der Waals surface area contributed by atoms with Crippen molar-refractivity contribution in [3.8, 4) is 0 Å². The predicted octanol–water partition coefficient (Wildman–Crippen LogP) is 3.00. The molecular formula is C16H20N2O3. The summed E-state index contributed by atoms with van der Waals surface area (Å²) >= 11 is 0. The third-order valence-corrected chi connectivity index (χ3v) is 4.87. The summed E-state index contributed by atoms with van der Waals surface area (Å²) in [5.41, 5.74) is 1.34. The lowest BCUT2D eigenvalue weighted by Crippen LogP contribution is -2.41. The average molecular weight is 288 g/mol. The molecular weight excluding hydrogens is 268 g/mol.